The maximum atomic E-state index is 11.3. The fraction of sp³-hybridized carbons (Fsp3) is 0.182. The van der Waals surface area contributed by atoms with Gasteiger partial charge in [-0.15, -0.1) is 10.2 Å². The molecule has 0 aliphatic heterocycles. The first kappa shape index (κ1) is 11.9. The van der Waals surface area contributed by atoms with Crippen molar-refractivity contribution in [3.05, 3.63) is 42.1 Å². The molecule has 0 aliphatic carbocycles. The molecule has 0 atom stereocenters. The Kier molecular flexibility index (Phi) is 3.75. The van der Waals surface area contributed by atoms with Crippen LogP contribution in [0.1, 0.15) is 16.2 Å². The average molecular weight is 244 g/mol. The minimum atomic E-state index is -0.259. The predicted molar refractivity (Wildman–Crippen MR) is 64.8 cm³/mol. The molecular formula is C11H12N6O. The summed E-state index contributed by atoms with van der Waals surface area (Å²) in [5, 5.41) is 13.2. The maximum absolute atomic E-state index is 11.3. The number of nitrogens with one attached hydrogen (secondary N) is 2. The lowest BCUT2D eigenvalue weighted by atomic mass is 10.3. The summed E-state index contributed by atoms with van der Waals surface area (Å²) in [4.78, 5) is 19.1. The molecule has 0 unspecified atom stereocenters. The van der Waals surface area contributed by atoms with Crippen LogP contribution in [0.4, 0.5) is 5.82 Å². The largest absolute Gasteiger partial charge is 0.363 e. The number of hydrogen-bond acceptors (Lipinski definition) is 6. The molecule has 18 heavy (non-hydrogen) atoms. The molecule has 0 aromatic carbocycles. The molecule has 1 amide bonds. The molecule has 0 bridgehead atoms. The molecule has 2 aromatic heterocycles. The van der Waals surface area contributed by atoms with Crippen molar-refractivity contribution in [2.75, 3.05) is 12.4 Å². The zero-order valence-electron chi connectivity index (χ0n) is 9.79. The van der Waals surface area contributed by atoms with E-state index in [-0.39, 0.29) is 11.6 Å². The van der Waals surface area contributed by atoms with E-state index >= 15 is 0 Å². The van der Waals surface area contributed by atoms with Crippen molar-refractivity contribution >= 4 is 11.7 Å². The lowest BCUT2D eigenvalue weighted by molar-refractivity contribution is 0.0957. The summed E-state index contributed by atoms with van der Waals surface area (Å²) in [6.07, 6.45) is 3.15. The molecule has 0 saturated carbocycles. The Labute approximate surface area is 104 Å². The van der Waals surface area contributed by atoms with Gasteiger partial charge in [0.1, 0.15) is 12.1 Å². The van der Waals surface area contributed by atoms with Gasteiger partial charge in [0.25, 0.3) is 5.91 Å². The highest BCUT2D eigenvalue weighted by Gasteiger charge is 2.05. The molecule has 0 saturated heterocycles. The number of hydrogen-bond donors (Lipinski definition) is 2. The Morgan fingerprint density at radius 3 is 2.78 bits per heavy atom. The van der Waals surface area contributed by atoms with Gasteiger partial charge in [-0.2, -0.15) is 0 Å². The number of amides is 1. The molecule has 0 fully saturated rings. The summed E-state index contributed by atoms with van der Waals surface area (Å²) in [5.74, 6) is 0.325. The van der Waals surface area contributed by atoms with Crippen LogP contribution in [0, 0.1) is 0 Å². The van der Waals surface area contributed by atoms with E-state index in [1.165, 1.54) is 6.33 Å². The maximum Gasteiger partial charge on any atom is 0.271 e. The second-order valence-electron chi connectivity index (χ2n) is 3.44. The standard InChI is InChI=1S/C11H12N6O/c1-12-11(18)9-2-3-10(17-16-9)14-6-8-4-5-13-7-15-8/h2-5,7H,6H2,1H3,(H,12,18)(H,14,17). The molecule has 0 aliphatic rings. The summed E-state index contributed by atoms with van der Waals surface area (Å²) in [6, 6.07) is 5.10. The Bertz CT molecular complexity index is 513. The lowest BCUT2D eigenvalue weighted by Crippen LogP contribution is -2.19. The van der Waals surface area contributed by atoms with Gasteiger partial charge in [0.15, 0.2) is 5.69 Å². The third-order valence-electron chi connectivity index (χ3n) is 2.22. The van der Waals surface area contributed by atoms with Crippen LogP contribution in [0.5, 0.6) is 0 Å². The van der Waals surface area contributed by atoms with Crippen molar-refractivity contribution in [1.29, 1.82) is 0 Å². The molecule has 2 aromatic rings. The summed E-state index contributed by atoms with van der Waals surface area (Å²) < 4.78 is 0. The van der Waals surface area contributed by atoms with E-state index in [0.717, 1.165) is 5.69 Å². The van der Waals surface area contributed by atoms with E-state index < -0.39 is 0 Å². The quantitative estimate of drug-likeness (QED) is 0.800. The van der Waals surface area contributed by atoms with Crippen molar-refractivity contribution in [2.24, 2.45) is 0 Å². The van der Waals surface area contributed by atoms with Gasteiger partial charge in [0, 0.05) is 13.2 Å². The minimum Gasteiger partial charge on any atom is -0.363 e. The van der Waals surface area contributed by atoms with Crippen LogP contribution in [0.2, 0.25) is 0 Å². The van der Waals surface area contributed by atoms with Crippen LogP contribution in [-0.4, -0.2) is 33.1 Å². The fourth-order valence-corrected chi connectivity index (χ4v) is 1.28. The first-order chi connectivity index (χ1) is 8.79. The SMILES string of the molecule is CNC(=O)c1ccc(NCc2ccncn2)nn1. The van der Waals surface area contributed by atoms with Crippen molar-refractivity contribution in [1.82, 2.24) is 25.5 Å². The highest BCUT2D eigenvalue weighted by molar-refractivity contribution is 5.91. The minimum absolute atomic E-state index is 0.259. The third-order valence-corrected chi connectivity index (χ3v) is 2.22. The van der Waals surface area contributed by atoms with Gasteiger partial charge in [-0.25, -0.2) is 9.97 Å². The fourth-order valence-electron chi connectivity index (χ4n) is 1.28. The normalized spacial score (nSPS) is 9.83. The van der Waals surface area contributed by atoms with Crippen LogP contribution < -0.4 is 10.6 Å². The predicted octanol–water partition coefficient (Wildman–Crippen LogP) is 0.238. The van der Waals surface area contributed by atoms with Crippen LogP contribution in [0.15, 0.2) is 30.7 Å². The van der Waals surface area contributed by atoms with Gasteiger partial charge in [-0.3, -0.25) is 4.79 Å². The van der Waals surface area contributed by atoms with Crippen LogP contribution in [-0.2, 0) is 6.54 Å². The molecule has 7 nitrogen and oxygen atoms in total. The molecule has 7 heteroatoms. The Hall–Kier alpha value is -2.57. The zero-order valence-corrected chi connectivity index (χ0v) is 9.79. The molecule has 92 valence electrons. The topological polar surface area (TPSA) is 92.7 Å². The van der Waals surface area contributed by atoms with Gasteiger partial charge in [-0.05, 0) is 18.2 Å². The Morgan fingerprint density at radius 1 is 1.28 bits per heavy atom. The first-order valence-electron chi connectivity index (χ1n) is 5.34. The van der Waals surface area contributed by atoms with Crippen molar-refractivity contribution in [2.45, 2.75) is 6.54 Å². The first-order valence-corrected chi connectivity index (χ1v) is 5.34. The highest BCUT2D eigenvalue weighted by Crippen LogP contribution is 2.03. The summed E-state index contributed by atoms with van der Waals surface area (Å²) in [5.41, 5.74) is 1.13. The van der Waals surface area contributed by atoms with Crippen LogP contribution in [0.25, 0.3) is 0 Å². The number of carbonyl (C=O) groups excluding carboxylic acids is 1. The van der Waals surface area contributed by atoms with Crippen LogP contribution in [0.3, 0.4) is 0 Å². The monoisotopic (exact) mass is 244 g/mol. The number of nitrogens with zero attached hydrogens (tertiary/aromatic N) is 4. The molecular weight excluding hydrogens is 232 g/mol. The lowest BCUT2D eigenvalue weighted by Gasteiger charge is -2.04. The van der Waals surface area contributed by atoms with Gasteiger partial charge in [0.2, 0.25) is 0 Å². The van der Waals surface area contributed by atoms with Gasteiger partial charge < -0.3 is 10.6 Å². The number of carbonyl (C=O) groups is 1. The zero-order chi connectivity index (χ0) is 12.8. The molecule has 2 rings (SSSR count). The smallest absolute Gasteiger partial charge is 0.271 e. The second kappa shape index (κ2) is 5.67. The number of rotatable bonds is 4. The average Bonchev–Trinajstić information content (AvgIpc) is 2.46. The van der Waals surface area contributed by atoms with E-state index in [2.05, 4.69) is 30.8 Å². The number of aromatic nitrogens is 4. The second-order valence-corrected chi connectivity index (χ2v) is 3.44. The van der Waals surface area contributed by atoms with E-state index in [9.17, 15) is 4.79 Å². The molecule has 2 N–H and O–H groups in total. The van der Waals surface area contributed by atoms with Gasteiger partial charge in [-0.1, -0.05) is 0 Å². The van der Waals surface area contributed by atoms with Crippen LogP contribution >= 0.6 is 0 Å². The third kappa shape index (κ3) is 2.97. The number of anilines is 1. The van der Waals surface area contributed by atoms with E-state index in [1.807, 2.05) is 0 Å². The summed E-state index contributed by atoms with van der Waals surface area (Å²) >= 11 is 0. The van der Waals surface area contributed by atoms with E-state index in [4.69, 9.17) is 0 Å². The highest BCUT2D eigenvalue weighted by atomic mass is 16.1. The summed E-state index contributed by atoms with van der Waals surface area (Å²) in [7, 11) is 1.55. The Morgan fingerprint density at radius 2 is 2.17 bits per heavy atom. The molecule has 0 radical (unpaired) electrons. The van der Waals surface area contributed by atoms with Gasteiger partial charge in [0.05, 0.1) is 12.2 Å². The van der Waals surface area contributed by atoms with Gasteiger partial charge >= 0.3 is 0 Å². The summed E-state index contributed by atoms with van der Waals surface area (Å²) in [6.45, 7) is 0.524. The van der Waals surface area contributed by atoms with E-state index in [1.54, 1.807) is 31.4 Å². The van der Waals surface area contributed by atoms with Crippen molar-refractivity contribution in [3.8, 4) is 0 Å². The van der Waals surface area contributed by atoms with E-state index in [0.29, 0.717) is 12.4 Å². The van der Waals surface area contributed by atoms with Crippen molar-refractivity contribution in [3.63, 3.8) is 0 Å². The Balaban J connectivity index is 1.97. The molecule has 2 heterocycles. The molecule has 0 spiro atoms. The van der Waals surface area contributed by atoms with Crippen molar-refractivity contribution < 1.29 is 4.79 Å².